The summed E-state index contributed by atoms with van der Waals surface area (Å²) in [4.78, 5) is 11.5. The highest BCUT2D eigenvalue weighted by atomic mass is 16.4. The highest BCUT2D eigenvalue weighted by molar-refractivity contribution is 5.70. The Labute approximate surface area is 114 Å². The molecule has 0 spiro atoms. The first-order valence-electron chi connectivity index (χ1n) is 7.38. The van der Waals surface area contributed by atoms with E-state index in [-0.39, 0.29) is 5.92 Å². The standard InChI is InChI=1S/C15H24N2O2/c1-3-11(2)17-9-8-13(16-17)10-14(15(18)19)12-6-4-5-7-12/h8-9,11-12,14H,3-7,10H2,1-2H3,(H,18,19). The van der Waals surface area contributed by atoms with Gasteiger partial charge in [0, 0.05) is 18.7 Å². The molecule has 4 nitrogen and oxygen atoms in total. The average molecular weight is 264 g/mol. The molecule has 0 aromatic carbocycles. The zero-order chi connectivity index (χ0) is 13.8. The van der Waals surface area contributed by atoms with Gasteiger partial charge in [0.1, 0.15) is 0 Å². The Balaban J connectivity index is 2.04. The summed E-state index contributed by atoms with van der Waals surface area (Å²) in [6, 6.07) is 2.35. The molecule has 2 unspecified atom stereocenters. The predicted octanol–water partition coefficient (Wildman–Crippen LogP) is 3.29. The third-order valence-corrected chi connectivity index (χ3v) is 4.42. The summed E-state index contributed by atoms with van der Waals surface area (Å²) in [5.41, 5.74) is 0.916. The van der Waals surface area contributed by atoms with Crippen LogP contribution in [0.2, 0.25) is 0 Å². The Morgan fingerprint density at radius 1 is 1.53 bits per heavy atom. The minimum absolute atomic E-state index is 0.261. The van der Waals surface area contributed by atoms with Crippen molar-refractivity contribution in [1.82, 2.24) is 9.78 Å². The summed E-state index contributed by atoms with van der Waals surface area (Å²) in [5, 5.41) is 14.0. The van der Waals surface area contributed by atoms with E-state index in [1.807, 2.05) is 16.9 Å². The molecule has 0 bridgehead atoms. The fraction of sp³-hybridized carbons (Fsp3) is 0.733. The van der Waals surface area contributed by atoms with Crippen molar-refractivity contribution in [3.8, 4) is 0 Å². The van der Waals surface area contributed by atoms with Gasteiger partial charge in [0.05, 0.1) is 11.6 Å². The lowest BCUT2D eigenvalue weighted by Gasteiger charge is -2.18. The first-order valence-corrected chi connectivity index (χ1v) is 7.38. The minimum atomic E-state index is -0.662. The maximum Gasteiger partial charge on any atom is 0.307 e. The lowest BCUT2D eigenvalue weighted by Crippen LogP contribution is -2.24. The van der Waals surface area contributed by atoms with Crippen LogP contribution in [0.25, 0.3) is 0 Å². The van der Waals surface area contributed by atoms with E-state index in [9.17, 15) is 9.90 Å². The number of hydrogen-bond donors (Lipinski definition) is 1. The van der Waals surface area contributed by atoms with Gasteiger partial charge in [-0.25, -0.2) is 0 Å². The topological polar surface area (TPSA) is 55.1 Å². The lowest BCUT2D eigenvalue weighted by molar-refractivity contribution is -0.143. The van der Waals surface area contributed by atoms with Crippen molar-refractivity contribution in [2.75, 3.05) is 0 Å². The summed E-state index contributed by atoms with van der Waals surface area (Å²) in [6.07, 6.45) is 8.05. The summed E-state index contributed by atoms with van der Waals surface area (Å²) < 4.78 is 1.95. The van der Waals surface area contributed by atoms with Crippen LogP contribution in [0, 0.1) is 11.8 Å². The van der Waals surface area contributed by atoms with Crippen LogP contribution in [-0.4, -0.2) is 20.9 Å². The first-order chi connectivity index (χ1) is 9.11. The summed E-state index contributed by atoms with van der Waals surface area (Å²) in [5.74, 6) is -0.584. The molecule has 1 saturated carbocycles. The smallest absolute Gasteiger partial charge is 0.307 e. The second kappa shape index (κ2) is 6.22. The molecule has 19 heavy (non-hydrogen) atoms. The Kier molecular flexibility index (Phi) is 4.61. The molecule has 0 saturated heterocycles. The molecule has 4 heteroatoms. The molecule has 0 radical (unpaired) electrons. The van der Waals surface area contributed by atoms with Crippen LogP contribution in [0.5, 0.6) is 0 Å². The van der Waals surface area contributed by atoms with Crippen LogP contribution < -0.4 is 0 Å². The van der Waals surface area contributed by atoms with Gasteiger partial charge in [-0.05, 0) is 38.2 Å². The molecule has 2 atom stereocenters. The molecule has 1 heterocycles. The number of carboxylic acid groups (broad SMARTS) is 1. The molecule has 1 fully saturated rings. The van der Waals surface area contributed by atoms with Crippen molar-refractivity contribution in [1.29, 1.82) is 0 Å². The van der Waals surface area contributed by atoms with E-state index in [0.717, 1.165) is 25.0 Å². The van der Waals surface area contributed by atoms with E-state index in [2.05, 4.69) is 18.9 Å². The minimum Gasteiger partial charge on any atom is -0.481 e. The van der Waals surface area contributed by atoms with Crippen LogP contribution in [0.3, 0.4) is 0 Å². The third kappa shape index (κ3) is 3.37. The molecule has 1 aromatic heterocycles. The van der Waals surface area contributed by atoms with E-state index < -0.39 is 5.97 Å². The molecule has 1 N–H and O–H groups in total. The van der Waals surface area contributed by atoms with E-state index in [0.29, 0.717) is 18.4 Å². The molecule has 1 aliphatic carbocycles. The molecular formula is C15H24N2O2. The Morgan fingerprint density at radius 3 is 2.79 bits per heavy atom. The van der Waals surface area contributed by atoms with Crippen molar-refractivity contribution in [2.45, 2.75) is 58.4 Å². The second-order valence-corrected chi connectivity index (χ2v) is 5.74. The van der Waals surface area contributed by atoms with Crippen LogP contribution in [0.4, 0.5) is 0 Å². The Hall–Kier alpha value is -1.32. The highest BCUT2D eigenvalue weighted by Crippen LogP contribution is 2.33. The van der Waals surface area contributed by atoms with E-state index in [1.165, 1.54) is 12.8 Å². The van der Waals surface area contributed by atoms with E-state index >= 15 is 0 Å². The van der Waals surface area contributed by atoms with Crippen LogP contribution >= 0.6 is 0 Å². The lowest BCUT2D eigenvalue weighted by atomic mass is 9.87. The van der Waals surface area contributed by atoms with Crippen molar-refractivity contribution in [3.05, 3.63) is 18.0 Å². The van der Waals surface area contributed by atoms with E-state index in [4.69, 9.17) is 0 Å². The number of carboxylic acids is 1. The monoisotopic (exact) mass is 264 g/mol. The van der Waals surface area contributed by atoms with Gasteiger partial charge in [-0.1, -0.05) is 19.8 Å². The SMILES string of the molecule is CCC(C)n1ccc(CC(C(=O)O)C2CCCC2)n1. The Morgan fingerprint density at radius 2 is 2.21 bits per heavy atom. The van der Waals surface area contributed by atoms with Gasteiger partial charge in [0.2, 0.25) is 0 Å². The number of carbonyl (C=O) groups is 1. The number of hydrogen-bond acceptors (Lipinski definition) is 2. The molecule has 0 amide bonds. The van der Waals surface area contributed by atoms with Gasteiger partial charge in [0.25, 0.3) is 0 Å². The number of rotatable bonds is 6. The molecule has 106 valence electrons. The second-order valence-electron chi connectivity index (χ2n) is 5.74. The summed E-state index contributed by atoms with van der Waals surface area (Å²) in [7, 11) is 0. The van der Waals surface area contributed by atoms with Gasteiger partial charge in [0.15, 0.2) is 0 Å². The molecule has 1 aliphatic rings. The fourth-order valence-corrected chi connectivity index (χ4v) is 2.96. The van der Waals surface area contributed by atoms with Crippen molar-refractivity contribution in [3.63, 3.8) is 0 Å². The average Bonchev–Trinajstić information content (AvgIpc) is 3.05. The van der Waals surface area contributed by atoms with Crippen LogP contribution in [0.15, 0.2) is 12.3 Å². The van der Waals surface area contributed by atoms with Gasteiger partial charge in [-0.2, -0.15) is 5.10 Å². The van der Waals surface area contributed by atoms with Gasteiger partial charge in [-0.15, -0.1) is 0 Å². The molecule has 1 aromatic rings. The quantitative estimate of drug-likeness (QED) is 0.857. The van der Waals surface area contributed by atoms with E-state index in [1.54, 1.807) is 0 Å². The molecular weight excluding hydrogens is 240 g/mol. The molecule has 0 aliphatic heterocycles. The number of aromatic nitrogens is 2. The number of aliphatic carboxylic acids is 1. The molecule has 2 rings (SSSR count). The zero-order valence-electron chi connectivity index (χ0n) is 11.9. The van der Waals surface area contributed by atoms with Crippen LogP contribution in [0.1, 0.15) is 57.7 Å². The highest BCUT2D eigenvalue weighted by Gasteiger charge is 2.31. The number of nitrogens with zero attached hydrogens (tertiary/aromatic N) is 2. The van der Waals surface area contributed by atoms with Gasteiger partial charge < -0.3 is 5.11 Å². The summed E-state index contributed by atoms with van der Waals surface area (Å²) in [6.45, 7) is 4.26. The largest absolute Gasteiger partial charge is 0.481 e. The Bertz CT molecular complexity index is 422. The fourth-order valence-electron chi connectivity index (χ4n) is 2.96. The predicted molar refractivity (Wildman–Crippen MR) is 74.0 cm³/mol. The van der Waals surface area contributed by atoms with Crippen molar-refractivity contribution < 1.29 is 9.90 Å². The van der Waals surface area contributed by atoms with Gasteiger partial charge in [-0.3, -0.25) is 9.48 Å². The maximum absolute atomic E-state index is 11.5. The maximum atomic E-state index is 11.5. The normalized spacial score (nSPS) is 19.5. The zero-order valence-corrected chi connectivity index (χ0v) is 11.9. The van der Waals surface area contributed by atoms with Crippen molar-refractivity contribution >= 4 is 5.97 Å². The summed E-state index contributed by atoms with van der Waals surface area (Å²) >= 11 is 0. The van der Waals surface area contributed by atoms with Gasteiger partial charge >= 0.3 is 5.97 Å². The first kappa shape index (κ1) is 14.1. The van der Waals surface area contributed by atoms with Crippen molar-refractivity contribution in [2.24, 2.45) is 11.8 Å². The van der Waals surface area contributed by atoms with Crippen LogP contribution in [-0.2, 0) is 11.2 Å². The third-order valence-electron chi connectivity index (χ3n) is 4.42.